The number of nitrogens with one attached hydrogen (secondary N) is 1. The first-order valence-electron chi connectivity index (χ1n) is 13.5. The van der Waals surface area contributed by atoms with Crippen LogP contribution in [0.25, 0.3) is 0 Å². The molecule has 0 saturated carbocycles. The van der Waals surface area contributed by atoms with Crippen molar-refractivity contribution in [2.75, 3.05) is 20.8 Å². The number of hydrogen-bond acceptors (Lipinski definition) is 11. The summed E-state index contributed by atoms with van der Waals surface area (Å²) in [7, 11) is -2.41. The average molecular weight is 629 g/mol. The number of methoxy groups -OCH3 is 2. The molecule has 3 aromatic rings. The Balaban J connectivity index is 1.65. The van der Waals surface area contributed by atoms with Gasteiger partial charge in [0.05, 0.1) is 27.2 Å². The van der Waals surface area contributed by atoms with E-state index in [9.17, 15) is 23.7 Å². The van der Waals surface area contributed by atoms with E-state index in [1.807, 2.05) is 0 Å². The van der Waals surface area contributed by atoms with Gasteiger partial charge in [-0.1, -0.05) is 66.7 Å². The lowest BCUT2D eigenvalue weighted by Crippen LogP contribution is -2.37. The van der Waals surface area contributed by atoms with Crippen LogP contribution in [0.3, 0.4) is 0 Å². The Morgan fingerprint density at radius 3 is 2.32 bits per heavy atom. The quantitative estimate of drug-likeness (QED) is 0.166. The number of esters is 2. The Morgan fingerprint density at radius 2 is 1.68 bits per heavy atom. The smallest absolute Gasteiger partial charge is 0.469 e. The first-order chi connectivity index (χ1) is 21.0. The predicted octanol–water partition coefficient (Wildman–Crippen LogP) is 3.85. The van der Waals surface area contributed by atoms with Gasteiger partial charge < -0.3 is 14.2 Å². The lowest BCUT2D eigenvalue weighted by atomic mass is 9.96. The molecule has 0 fully saturated rings. The minimum absolute atomic E-state index is 0.299. The minimum atomic E-state index is -4.77. The van der Waals surface area contributed by atoms with Gasteiger partial charge in [-0.25, -0.2) is 14.2 Å². The molecule has 0 spiro atoms. The summed E-state index contributed by atoms with van der Waals surface area (Å²) in [4.78, 5) is 51.8. The van der Waals surface area contributed by atoms with E-state index < -0.39 is 61.7 Å². The van der Waals surface area contributed by atoms with Crippen LogP contribution in [0.2, 0.25) is 0 Å². The van der Waals surface area contributed by atoms with Crippen LogP contribution in [0.4, 0.5) is 0 Å². The SMILES string of the molecule is COC(=O)CC(OP(=O)(OC[C@@H]1C=C[C@H](n2cc(C)c(=O)[nH]c2=O)O1)OC(C)(C(=O)OC)c1ccccc1)c1ccccc1. The molecule has 1 N–H and O–H groups in total. The van der Waals surface area contributed by atoms with Gasteiger partial charge in [0.25, 0.3) is 5.56 Å². The number of aromatic amines is 1. The lowest BCUT2D eigenvalue weighted by Gasteiger charge is -2.32. The minimum Gasteiger partial charge on any atom is -0.469 e. The van der Waals surface area contributed by atoms with Crippen molar-refractivity contribution in [1.82, 2.24) is 9.55 Å². The van der Waals surface area contributed by atoms with Gasteiger partial charge in [0.1, 0.15) is 12.2 Å². The number of nitrogens with zero attached hydrogens (tertiary/aromatic N) is 1. The Hall–Kier alpha value is -4.13. The summed E-state index contributed by atoms with van der Waals surface area (Å²) in [5.41, 5.74) is -2.10. The molecule has 1 aliphatic heterocycles. The maximum Gasteiger partial charge on any atom is 0.476 e. The zero-order chi connectivity index (χ0) is 31.9. The molecule has 1 aliphatic rings. The fraction of sp³-hybridized carbons (Fsp3) is 0.333. The van der Waals surface area contributed by atoms with Gasteiger partial charge in [0.2, 0.25) is 0 Å². The molecule has 14 heteroatoms. The van der Waals surface area contributed by atoms with Crippen LogP contribution < -0.4 is 11.2 Å². The summed E-state index contributed by atoms with van der Waals surface area (Å²) in [6.45, 7) is 2.49. The molecule has 2 aromatic carbocycles. The summed E-state index contributed by atoms with van der Waals surface area (Å²) >= 11 is 0. The van der Waals surface area contributed by atoms with Gasteiger partial charge in [0, 0.05) is 11.8 Å². The number of aromatic nitrogens is 2. The maximum atomic E-state index is 14.5. The fourth-order valence-electron chi connectivity index (χ4n) is 4.42. The molecule has 0 saturated heterocycles. The average Bonchev–Trinajstić information content (AvgIpc) is 3.50. The summed E-state index contributed by atoms with van der Waals surface area (Å²) in [6, 6.07) is 16.7. The van der Waals surface area contributed by atoms with E-state index in [2.05, 4.69) is 4.98 Å². The van der Waals surface area contributed by atoms with Crippen LogP contribution in [0.1, 0.15) is 42.4 Å². The van der Waals surface area contributed by atoms with Crippen LogP contribution in [-0.2, 0) is 47.5 Å². The third-order valence-electron chi connectivity index (χ3n) is 6.82. The number of phosphoric ester groups is 1. The van der Waals surface area contributed by atoms with Crippen LogP contribution >= 0.6 is 7.82 Å². The van der Waals surface area contributed by atoms with Gasteiger partial charge in [-0.15, -0.1) is 0 Å². The van der Waals surface area contributed by atoms with Crippen molar-refractivity contribution in [2.24, 2.45) is 0 Å². The third-order valence-corrected chi connectivity index (χ3v) is 8.39. The largest absolute Gasteiger partial charge is 0.476 e. The molecule has 0 radical (unpaired) electrons. The lowest BCUT2D eigenvalue weighted by molar-refractivity contribution is -0.161. The zero-order valence-corrected chi connectivity index (χ0v) is 25.4. The van der Waals surface area contributed by atoms with Gasteiger partial charge in [-0.2, -0.15) is 0 Å². The predicted molar refractivity (Wildman–Crippen MR) is 156 cm³/mol. The van der Waals surface area contributed by atoms with Crippen molar-refractivity contribution in [3.05, 3.63) is 117 Å². The molecule has 2 heterocycles. The topological polar surface area (TPSA) is 161 Å². The highest BCUT2D eigenvalue weighted by atomic mass is 31.2. The molecular formula is C30H33N2O11P. The molecule has 3 unspecified atom stereocenters. The molecular weight excluding hydrogens is 595 g/mol. The van der Waals surface area contributed by atoms with E-state index in [-0.39, 0.29) is 6.42 Å². The van der Waals surface area contributed by atoms with Crippen molar-refractivity contribution in [1.29, 1.82) is 0 Å². The number of benzene rings is 2. The molecule has 0 aliphatic carbocycles. The van der Waals surface area contributed by atoms with Crippen LogP contribution in [-0.4, -0.2) is 48.4 Å². The summed E-state index contributed by atoms with van der Waals surface area (Å²) < 4.78 is 49.1. The monoisotopic (exact) mass is 628 g/mol. The first-order valence-corrected chi connectivity index (χ1v) is 15.0. The van der Waals surface area contributed by atoms with E-state index in [1.54, 1.807) is 79.7 Å². The number of carbonyl (C=O) groups is 2. The highest BCUT2D eigenvalue weighted by Gasteiger charge is 2.48. The summed E-state index contributed by atoms with van der Waals surface area (Å²) in [5, 5.41) is 0. The highest BCUT2D eigenvalue weighted by Crippen LogP contribution is 2.58. The van der Waals surface area contributed by atoms with Crippen LogP contribution in [0, 0.1) is 6.92 Å². The number of ether oxygens (including phenoxy) is 3. The molecule has 0 amide bonds. The summed E-state index contributed by atoms with van der Waals surface area (Å²) in [6.07, 6.45) is 1.23. The second-order valence-corrected chi connectivity index (χ2v) is 11.5. The van der Waals surface area contributed by atoms with Crippen molar-refractivity contribution in [2.45, 2.75) is 44.3 Å². The molecule has 4 rings (SSSR count). The Bertz CT molecular complexity index is 1650. The van der Waals surface area contributed by atoms with Crippen molar-refractivity contribution >= 4 is 19.8 Å². The first kappa shape index (κ1) is 32.8. The summed E-state index contributed by atoms with van der Waals surface area (Å²) in [5.74, 6) is -1.54. The number of rotatable bonds is 13. The normalized spacial score (nSPS) is 19.5. The molecule has 1 aromatic heterocycles. The van der Waals surface area contributed by atoms with E-state index in [1.165, 1.54) is 24.8 Å². The molecule has 0 bridgehead atoms. The Kier molecular flexibility index (Phi) is 10.5. The van der Waals surface area contributed by atoms with Gasteiger partial charge in [0.15, 0.2) is 11.8 Å². The van der Waals surface area contributed by atoms with E-state index in [0.717, 1.165) is 7.11 Å². The number of aryl methyl sites for hydroxylation is 1. The number of phosphoric acid groups is 1. The molecule has 13 nitrogen and oxygen atoms in total. The fourth-order valence-corrected chi connectivity index (χ4v) is 6.04. The van der Waals surface area contributed by atoms with E-state index in [0.29, 0.717) is 16.7 Å². The second kappa shape index (κ2) is 14.1. The van der Waals surface area contributed by atoms with Crippen LogP contribution in [0.5, 0.6) is 0 Å². The standard InChI is InChI=1S/C30H33N2O11P/c1-20-18-32(29(36)31-27(20)34)25-16-15-23(41-25)19-40-44(37,42-24(17-26(33)38-3)21-11-7-5-8-12-21)43-30(2,28(35)39-4)22-13-9-6-10-14-22/h5-16,18,23-25H,17,19H2,1-4H3,(H,31,34,36)/t23-,24?,25+,30?,44?/m0/s1. The number of carbonyl (C=O) groups excluding carboxylic acids is 2. The van der Waals surface area contributed by atoms with Crippen molar-refractivity contribution < 1.29 is 41.9 Å². The maximum absolute atomic E-state index is 14.5. The highest BCUT2D eigenvalue weighted by molar-refractivity contribution is 7.48. The Morgan fingerprint density at radius 1 is 1.02 bits per heavy atom. The van der Waals surface area contributed by atoms with Crippen LogP contribution in [0.15, 0.2) is 88.6 Å². The number of hydrogen-bond donors (Lipinski definition) is 1. The van der Waals surface area contributed by atoms with E-state index >= 15 is 0 Å². The van der Waals surface area contributed by atoms with Crippen molar-refractivity contribution in [3.63, 3.8) is 0 Å². The van der Waals surface area contributed by atoms with Gasteiger partial charge >= 0.3 is 25.5 Å². The molecule has 5 atom stereocenters. The Labute approximate surface area is 252 Å². The van der Waals surface area contributed by atoms with E-state index in [4.69, 9.17) is 27.8 Å². The molecule has 44 heavy (non-hydrogen) atoms. The second-order valence-electron chi connectivity index (χ2n) is 9.94. The van der Waals surface area contributed by atoms with Gasteiger partial charge in [-0.3, -0.25) is 32.7 Å². The third kappa shape index (κ3) is 7.68. The molecule has 234 valence electrons. The number of H-pyrrole nitrogens is 1. The van der Waals surface area contributed by atoms with Gasteiger partial charge in [-0.05, 0) is 31.1 Å². The van der Waals surface area contributed by atoms with Crippen molar-refractivity contribution in [3.8, 4) is 0 Å². The zero-order valence-electron chi connectivity index (χ0n) is 24.5.